The number of ether oxygens (including phenoxy) is 1. The molecular formula is C66H53Br2Cl2F3O9. The minimum Gasteiger partial charge on any atom is -0.508 e. The van der Waals surface area contributed by atoms with E-state index in [9.17, 15) is 52.8 Å². The third kappa shape index (κ3) is 20.1. The number of benzene rings is 8. The fourth-order valence-corrected chi connectivity index (χ4v) is 8.95. The molecule has 8 aromatic rings. The second kappa shape index (κ2) is 30.5. The summed E-state index contributed by atoms with van der Waals surface area (Å²) in [6, 6.07) is 41.4. The topological polar surface area (TPSA) is 158 Å². The van der Waals surface area contributed by atoms with Crippen molar-refractivity contribution in [3.8, 4) is 28.7 Å². The van der Waals surface area contributed by atoms with Gasteiger partial charge in [0, 0.05) is 47.3 Å². The minimum absolute atomic E-state index is 0.0471. The predicted molar refractivity (Wildman–Crippen MR) is 328 cm³/mol. The number of methoxy groups -OCH3 is 1. The molecule has 0 bridgehead atoms. The summed E-state index contributed by atoms with van der Waals surface area (Å²) in [4.78, 5) is 47.9. The molecule has 4 N–H and O–H groups in total. The van der Waals surface area contributed by atoms with Crippen molar-refractivity contribution in [2.75, 3.05) is 7.11 Å². The standard InChI is InChI=1S/C17H15BrO3.C17H13F3O2.C16H13BrO2.C16H12Cl2O2/c1-11-8-14(18)9-13(17(11)21-2)6-7-16(20)12-4-3-5-15(19)10-12;1-11-7-12(9-14(8-11)17(18,19)20)5-6-16(22)13-3-2-4-15(21)10-13;1-11-5-6-12(9-15(11)17)7-8-16(19)13-3-2-4-14(18)10-13;1-10-5-7-14(17)13(16(10)18)6-8-15(20)11-3-2-4-12(19)9-11/h3-10,19H,1-2H3;2-10,21H,1H3;2-10,18H,1H3;2-9,19H,1H3/b7-6+;6-5+;8-7+;8-6+. The van der Waals surface area contributed by atoms with Gasteiger partial charge in [-0.1, -0.05) is 140 Å². The summed E-state index contributed by atoms with van der Waals surface area (Å²) in [6.45, 7) is 7.38. The van der Waals surface area contributed by atoms with Crippen LogP contribution in [-0.2, 0) is 6.18 Å². The van der Waals surface area contributed by atoms with E-state index in [0.717, 1.165) is 54.6 Å². The number of hydrogen-bond acceptors (Lipinski definition) is 9. The SMILES string of the molecule is COc1c(C)cc(Br)cc1/C=C/C(=O)c1cccc(O)c1.Cc1cc(/C=C/C(=O)c2cccc(O)c2)cc(C(F)(F)F)c1.Cc1ccc(/C=C/C(=O)c2cccc(O)c2)cc1Br.Cc1ccc(Cl)c(/C=C/C(=O)c2cccc(O)c2)c1Cl. The van der Waals surface area contributed by atoms with Crippen LogP contribution in [0.5, 0.6) is 28.7 Å². The van der Waals surface area contributed by atoms with Gasteiger partial charge in [-0.2, -0.15) is 13.2 Å². The van der Waals surface area contributed by atoms with Gasteiger partial charge in [0.15, 0.2) is 23.1 Å². The molecule has 0 unspecified atom stereocenters. The van der Waals surface area contributed by atoms with E-state index in [1.54, 1.807) is 80.8 Å². The number of carbonyl (C=O) groups excluding carboxylic acids is 4. The van der Waals surface area contributed by atoms with Gasteiger partial charge in [0.05, 0.1) is 17.7 Å². The van der Waals surface area contributed by atoms with Crippen LogP contribution in [-0.4, -0.2) is 50.7 Å². The summed E-state index contributed by atoms with van der Waals surface area (Å²) < 4.78 is 45.5. The number of ketones is 4. The Bertz CT molecular complexity index is 3760. The summed E-state index contributed by atoms with van der Waals surface area (Å²) in [5.74, 6) is -0.0238. The first-order valence-corrected chi connectivity index (χ1v) is 27.0. The highest BCUT2D eigenvalue weighted by atomic mass is 79.9. The second-order valence-corrected chi connectivity index (χ2v) is 20.6. The van der Waals surface area contributed by atoms with Gasteiger partial charge in [0.1, 0.15) is 28.7 Å². The van der Waals surface area contributed by atoms with Gasteiger partial charge in [-0.15, -0.1) is 0 Å². The van der Waals surface area contributed by atoms with Gasteiger partial charge in [-0.25, -0.2) is 0 Å². The molecule has 0 aliphatic rings. The zero-order valence-corrected chi connectivity index (χ0v) is 49.3. The summed E-state index contributed by atoms with van der Waals surface area (Å²) in [7, 11) is 1.60. The average Bonchev–Trinajstić information content (AvgIpc) is 3.45. The quantitative estimate of drug-likeness (QED) is 0.0651. The van der Waals surface area contributed by atoms with E-state index < -0.39 is 17.5 Å². The van der Waals surface area contributed by atoms with Crippen LogP contribution in [0, 0.1) is 27.7 Å². The molecule has 0 aromatic heterocycles. The Morgan fingerprint density at radius 1 is 0.488 bits per heavy atom. The van der Waals surface area contributed by atoms with Crippen molar-refractivity contribution in [2.45, 2.75) is 33.9 Å². The number of halogens is 7. The monoisotopic (exact) mass is 1270 g/mol. The number of phenols is 4. The molecule has 8 aromatic carbocycles. The number of carbonyl (C=O) groups is 4. The molecule has 420 valence electrons. The molecule has 0 amide bonds. The second-order valence-electron chi connectivity index (χ2n) is 18.1. The highest BCUT2D eigenvalue weighted by Gasteiger charge is 2.30. The van der Waals surface area contributed by atoms with Gasteiger partial charge < -0.3 is 25.2 Å². The number of alkyl halides is 3. The largest absolute Gasteiger partial charge is 0.508 e. The summed E-state index contributed by atoms with van der Waals surface area (Å²) in [5, 5.41) is 38.4. The van der Waals surface area contributed by atoms with Crippen molar-refractivity contribution in [3.05, 3.63) is 273 Å². The van der Waals surface area contributed by atoms with Gasteiger partial charge in [-0.05, 0) is 182 Å². The first-order valence-electron chi connectivity index (χ1n) is 24.6. The lowest BCUT2D eigenvalue weighted by Crippen LogP contribution is -2.05. The third-order valence-corrected chi connectivity index (χ3v) is 13.8. The molecule has 8 rings (SSSR count). The van der Waals surface area contributed by atoms with E-state index in [-0.39, 0.29) is 45.9 Å². The highest BCUT2D eigenvalue weighted by Crippen LogP contribution is 2.33. The van der Waals surface area contributed by atoms with Gasteiger partial charge in [0.25, 0.3) is 0 Å². The third-order valence-electron chi connectivity index (χ3n) is 11.6. The molecule has 0 aliphatic carbocycles. The minimum atomic E-state index is -4.43. The zero-order chi connectivity index (χ0) is 60.3. The molecular weight excluding hydrogens is 1220 g/mol. The fraction of sp³-hybridized carbons (Fsp3) is 0.0909. The fourth-order valence-electron chi connectivity index (χ4n) is 7.46. The van der Waals surface area contributed by atoms with Crippen molar-refractivity contribution in [1.29, 1.82) is 0 Å². The Morgan fingerprint density at radius 3 is 1.37 bits per heavy atom. The normalized spacial score (nSPS) is 11.1. The smallest absolute Gasteiger partial charge is 0.416 e. The van der Waals surface area contributed by atoms with Gasteiger partial charge >= 0.3 is 6.18 Å². The van der Waals surface area contributed by atoms with Crippen LogP contribution in [0.4, 0.5) is 13.2 Å². The van der Waals surface area contributed by atoms with Crippen LogP contribution in [0.2, 0.25) is 10.0 Å². The zero-order valence-electron chi connectivity index (χ0n) is 44.6. The first-order chi connectivity index (χ1) is 38.8. The average molecular weight is 1280 g/mol. The predicted octanol–water partition coefficient (Wildman–Crippen LogP) is 18.2. The molecule has 16 heteroatoms. The van der Waals surface area contributed by atoms with Crippen molar-refractivity contribution < 1.29 is 57.5 Å². The number of aromatic hydroxyl groups is 4. The first kappa shape index (κ1) is 64.5. The van der Waals surface area contributed by atoms with Crippen molar-refractivity contribution >= 4 is 102 Å². The van der Waals surface area contributed by atoms with Crippen molar-refractivity contribution in [3.63, 3.8) is 0 Å². The number of hydrogen-bond donors (Lipinski definition) is 4. The maximum absolute atomic E-state index is 12.7. The van der Waals surface area contributed by atoms with E-state index in [4.69, 9.17) is 27.9 Å². The molecule has 9 nitrogen and oxygen atoms in total. The maximum Gasteiger partial charge on any atom is 0.416 e. The molecule has 0 spiro atoms. The Balaban J connectivity index is 0.000000201. The lowest BCUT2D eigenvalue weighted by Gasteiger charge is -2.09. The lowest BCUT2D eigenvalue weighted by molar-refractivity contribution is -0.137. The Morgan fingerprint density at radius 2 is 0.927 bits per heavy atom. The van der Waals surface area contributed by atoms with E-state index in [1.165, 1.54) is 91.0 Å². The number of aryl methyl sites for hydroxylation is 4. The molecule has 0 saturated carbocycles. The van der Waals surface area contributed by atoms with Crippen LogP contribution >= 0.6 is 55.1 Å². The van der Waals surface area contributed by atoms with Crippen molar-refractivity contribution in [2.24, 2.45) is 0 Å². The van der Waals surface area contributed by atoms with Crippen LogP contribution in [0.25, 0.3) is 24.3 Å². The van der Waals surface area contributed by atoms with E-state index in [2.05, 4.69) is 31.9 Å². The summed E-state index contributed by atoms with van der Waals surface area (Å²) >= 11 is 19.1. The number of rotatable bonds is 13. The number of allylic oxidation sites excluding steroid dienone is 4. The molecule has 0 fully saturated rings. The van der Waals surface area contributed by atoms with E-state index in [0.29, 0.717) is 43.4 Å². The van der Waals surface area contributed by atoms with Gasteiger partial charge in [-0.3, -0.25) is 19.2 Å². The Kier molecular flexibility index (Phi) is 24.0. The van der Waals surface area contributed by atoms with Crippen LogP contribution < -0.4 is 4.74 Å². The molecule has 0 aliphatic heterocycles. The molecule has 0 atom stereocenters. The number of phenolic OH excluding ortho intramolecular Hbond substituents is 4. The summed E-state index contributed by atoms with van der Waals surface area (Å²) in [5.41, 5.74) is 6.98. The van der Waals surface area contributed by atoms with Crippen LogP contribution in [0.1, 0.15) is 91.5 Å². The maximum atomic E-state index is 12.7. The van der Waals surface area contributed by atoms with Gasteiger partial charge in [0.2, 0.25) is 0 Å². The molecule has 82 heavy (non-hydrogen) atoms. The lowest BCUT2D eigenvalue weighted by atomic mass is 10.0. The van der Waals surface area contributed by atoms with E-state index >= 15 is 0 Å². The van der Waals surface area contributed by atoms with Crippen LogP contribution in [0.15, 0.2) is 191 Å². The van der Waals surface area contributed by atoms with Crippen molar-refractivity contribution in [1.82, 2.24) is 0 Å². The summed E-state index contributed by atoms with van der Waals surface area (Å²) in [6.07, 6.45) is 7.51. The van der Waals surface area contributed by atoms with Crippen LogP contribution in [0.3, 0.4) is 0 Å². The Hall–Kier alpha value is -8.27. The Labute approximate surface area is 499 Å². The highest BCUT2D eigenvalue weighted by molar-refractivity contribution is 9.10. The van der Waals surface area contributed by atoms with E-state index in [1.807, 2.05) is 57.2 Å². The molecule has 0 heterocycles. The molecule has 0 saturated heterocycles. The molecule has 0 radical (unpaired) electrons.